The highest BCUT2D eigenvalue weighted by Crippen LogP contribution is 2.24. The number of hydrogen-bond acceptors (Lipinski definition) is 14. The second kappa shape index (κ2) is 10.0. The smallest absolute Gasteiger partial charge is 0.319 e. The lowest BCUT2D eigenvalue weighted by Crippen LogP contribution is -2.60. The SMILES string of the molecule is O=C(CC(=O)OC1O[C@H](CO)[C@H](O)[C@H](O)[C@H]1O)OC1O[C@H](CO)[C@H](O)[C@H](O)[C@H]1O. The van der Waals surface area contributed by atoms with Gasteiger partial charge in [0.25, 0.3) is 0 Å². The predicted octanol–water partition coefficient (Wildman–Crippen LogP) is -5.94. The highest BCUT2D eigenvalue weighted by atomic mass is 16.7. The van der Waals surface area contributed by atoms with Gasteiger partial charge in [0.15, 0.2) is 0 Å². The van der Waals surface area contributed by atoms with Gasteiger partial charge in [-0.15, -0.1) is 0 Å². The van der Waals surface area contributed by atoms with Crippen LogP contribution < -0.4 is 0 Å². The third kappa shape index (κ3) is 5.37. The van der Waals surface area contributed by atoms with Gasteiger partial charge in [-0.05, 0) is 0 Å². The molecule has 2 saturated heterocycles. The molecule has 0 aromatic heterocycles. The highest BCUT2D eigenvalue weighted by Gasteiger charge is 2.47. The van der Waals surface area contributed by atoms with Crippen LogP contribution in [0.5, 0.6) is 0 Å². The fraction of sp³-hybridized carbons (Fsp3) is 0.867. The molecule has 0 aromatic carbocycles. The van der Waals surface area contributed by atoms with E-state index in [0.29, 0.717) is 0 Å². The Labute approximate surface area is 163 Å². The van der Waals surface area contributed by atoms with Crippen LogP contribution >= 0.6 is 0 Å². The lowest BCUT2D eigenvalue weighted by molar-refractivity contribution is -0.296. The predicted molar refractivity (Wildman–Crippen MR) is 84.3 cm³/mol. The van der Waals surface area contributed by atoms with Crippen molar-refractivity contribution >= 4 is 11.9 Å². The summed E-state index contributed by atoms with van der Waals surface area (Å²) in [6, 6.07) is 0. The maximum absolute atomic E-state index is 11.9. The van der Waals surface area contributed by atoms with Crippen LogP contribution in [0, 0.1) is 0 Å². The van der Waals surface area contributed by atoms with Gasteiger partial charge in [-0.1, -0.05) is 0 Å². The number of esters is 2. The van der Waals surface area contributed by atoms with E-state index in [0.717, 1.165) is 0 Å². The quantitative estimate of drug-likeness (QED) is 0.145. The summed E-state index contributed by atoms with van der Waals surface area (Å²) < 4.78 is 19.3. The molecule has 2 aliphatic rings. The Hall–Kier alpha value is -1.46. The molecule has 0 radical (unpaired) electrons. The molecular formula is C15H24O14. The molecule has 2 heterocycles. The van der Waals surface area contributed by atoms with Crippen LogP contribution in [0.1, 0.15) is 6.42 Å². The Morgan fingerprint density at radius 2 is 0.966 bits per heavy atom. The highest BCUT2D eigenvalue weighted by molar-refractivity contribution is 5.91. The van der Waals surface area contributed by atoms with E-state index < -0.39 is 93.0 Å². The fourth-order valence-electron chi connectivity index (χ4n) is 2.79. The summed E-state index contributed by atoms with van der Waals surface area (Å²) in [4.78, 5) is 23.7. The minimum absolute atomic E-state index is 0.752. The summed E-state index contributed by atoms with van der Waals surface area (Å²) in [6.45, 7) is -1.50. The first-order valence-corrected chi connectivity index (χ1v) is 8.60. The van der Waals surface area contributed by atoms with Crippen molar-refractivity contribution in [3.05, 3.63) is 0 Å². The Morgan fingerprint density at radius 1 is 0.621 bits per heavy atom. The van der Waals surface area contributed by atoms with Crippen molar-refractivity contribution < 1.29 is 69.4 Å². The van der Waals surface area contributed by atoms with Crippen molar-refractivity contribution in [3.8, 4) is 0 Å². The normalized spacial score (nSPS) is 42.9. The second-order valence-corrected chi connectivity index (χ2v) is 6.55. The summed E-state index contributed by atoms with van der Waals surface area (Å²) >= 11 is 0. The summed E-state index contributed by atoms with van der Waals surface area (Å²) in [5.41, 5.74) is 0. The number of aliphatic hydroxyl groups excluding tert-OH is 8. The van der Waals surface area contributed by atoms with Gasteiger partial charge in [0.05, 0.1) is 13.2 Å². The van der Waals surface area contributed by atoms with Crippen LogP contribution in [-0.4, -0.2) is 127 Å². The molecule has 0 bridgehead atoms. The molecule has 0 saturated carbocycles. The first-order chi connectivity index (χ1) is 13.6. The van der Waals surface area contributed by atoms with Crippen molar-refractivity contribution in [2.24, 2.45) is 0 Å². The Bertz CT molecular complexity index is 519. The number of carbonyl (C=O) groups is 2. The number of carbonyl (C=O) groups excluding carboxylic acids is 2. The van der Waals surface area contributed by atoms with Crippen LogP contribution in [-0.2, 0) is 28.5 Å². The van der Waals surface area contributed by atoms with E-state index in [1.54, 1.807) is 0 Å². The number of rotatable bonds is 6. The molecule has 0 aliphatic carbocycles. The number of aliphatic hydroxyl groups is 8. The van der Waals surface area contributed by atoms with Crippen molar-refractivity contribution in [1.29, 1.82) is 0 Å². The average molecular weight is 428 g/mol. The van der Waals surface area contributed by atoms with E-state index in [9.17, 15) is 40.2 Å². The summed E-state index contributed by atoms with van der Waals surface area (Å²) in [5.74, 6) is -2.58. The molecule has 14 nitrogen and oxygen atoms in total. The zero-order valence-corrected chi connectivity index (χ0v) is 14.9. The molecule has 2 fully saturated rings. The van der Waals surface area contributed by atoms with Gasteiger partial charge in [0, 0.05) is 0 Å². The topological polar surface area (TPSA) is 233 Å². The van der Waals surface area contributed by atoms with E-state index in [2.05, 4.69) is 0 Å². The van der Waals surface area contributed by atoms with Crippen molar-refractivity contribution in [2.45, 2.75) is 67.8 Å². The maximum atomic E-state index is 11.9. The van der Waals surface area contributed by atoms with Gasteiger partial charge in [-0.25, -0.2) is 0 Å². The molecule has 2 aliphatic heterocycles. The van der Waals surface area contributed by atoms with Crippen LogP contribution in [0.25, 0.3) is 0 Å². The average Bonchev–Trinajstić information content (AvgIpc) is 2.68. The van der Waals surface area contributed by atoms with Gasteiger partial charge in [0.2, 0.25) is 12.6 Å². The lowest BCUT2D eigenvalue weighted by atomic mass is 9.99. The Kier molecular flexibility index (Phi) is 8.24. The minimum atomic E-state index is -1.86. The van der Waals surface area contributed by atoms with Crippen LogP contribution in [0.2, 0.25) is 0 Å². The fourth-order valence-corrected chi connectivity index (χ4v) is 2.79. The third-order valence-corrected chi connectivity index (χ3v) is 4.48. The lowest BCUT2D eigenvalue weighted by Gasteiger charge is -2.39. The Balaban J connectivity index is 1.89. The van der Waals surface area contributed by atoms with Crippen LogP contribution in [0.4, 0.5) is 0 Å². The largest absolute Gasteiger partial charge is 0.432 e. The van der Waals surface area contributed by atoms with Crippen molar-refractivity contribution in [2.75, 3.05) is 13.2 Å². The van der Waals surface area contributed by atoms with Crippen molar-refractivity contribution in [1.82, 2.24) is 0 Å². The van der Waals surface area contributed by atoms with Gasteiger partial charge in [-0.3, -0.25) is 9.59 Å². The summed E-state index contributed by atoms with van der Waals surface area (Å²) in [7, 11) is 0. The number of ether oxygens (including phenoxy) is 4. The molecule has 10 atom stereocenters. The molecule has 0 spiro atoms. The number of hydrogen-bond donors (Lipinski definition) is 8. The van der Waals surface area contributed by atoms with E-state index in [1.807, 2.05) is 0 Å². The molecule has 2 unspecified atom stereocenters. The summed E-state index contributed by atoms with van der Waals surface area (Å²) in [5, 5.41) is 76.2. The summed E-state index contributed by atoms with van der Waals surface area (Å²) in [6.07, 6.45) is -17.9. The molecule has 14 heteroatoms. The molecule has 168 valence electrons. The van der Waals surface area contributed by atoms with Gasteiger partial charge in [0.1, 0.15) is 55.3 Å². The second-order valence-electron chi connectivity index (χ2n) is 6.55. The molecule has 2 rings (SSSR count). The van der Waals surface area contributed by atoms with Crippen LogP contribution in [0.3, 0.4) is 0 Å². The monoisotopic (exact) mass is 428 g/mol. The van der Waals surface area contributed by atoms with Gasteiger partial charge in [-0.2, -0.15) is 0 Å². The third-order valence-electron chi connectivity index (χ3n) is 4.48. The van der Waals surface area contributed by atoms with Crippen LogP contribution in [0.15, 0.2) is 0 Å². The zero-order valence-electron chi connectivity index (χ0n) is 14.9. The molecular weight excluding hydrogens is 404 g/mol. The maximum Gasteiger partial charge on any atom is 0.319 e. The van der Waals surface area contributed by atoms with E-state index in [1.165, 1.54) is 0 Å². The zero-order chi connectivity index (χ0) is 21.9. The van der Waals surface area contributed by atoms with E-state index >= 15 is 0 Å². The van der Waals surface area contributed by atoms with Gasteiger partial charge < -0.3 is 59.8 Å². The van der Waals surface area contributed by atoms with Gasteiger partial charge >= 0.3 is 11.9 Å². The molecule has 0 amide bonds. The minimum Gasteiger partial charge on any atom is -0.432 e. The first-order valence-electron chi connectivity index (χ1n) is 8.60. The molecule has 8 N–H and O–H groups in total. The standard InChI is InChI=1S/C15H24O14/c16-2-4-8(20)10(22)12(24)14(26-4)28-6(18)1-7(19)29-15-13(25)11(23)9(21)5(3-17)27-15/h4-5,8-17,20-25H,1-3H2/t4-,5-,8+,9+,10+,11+,12-,13-,14?,15?/m1/s1. The molecule has 29 heavy (non-hydrogen) atoms. The Morgan fingerprint density at radius 3 is 1.28 bits per heavy atom. The first kappa shape index (κ1) is 23.8. The molecule has 0 aromatic rings. The van der Waals surface area contributed by atoms with E-state index in [-0.39, 0.29) is 0 Å². The van der Waals surface area contributed by atoms with E-state index in [4.69, 9.17) is 29.2 Å². The van der Waals surface area contributed by atoms with Crippen molar-refractivity contribution in [3.63, 3.8) is 0 Å².